The number of hydrogen-bond donors (Lipinski definition) is 1. The lowest BCUT2D eigenvalue weighted by Gasteiger charge is -2.27. The lowest BCUT2D eigenvalue weighted by Crippen LogP contribution is -2.40. The van der Waals surface area contributed by atoms with Crippen molar-refractivity contribution in [1.82, 2.24) is 20.0 Å². The molecule has 7 heteroatoms. The number of nitrogens with zero attached hydrogens (tertiary/aromatic N) is 3. The lowest BCUT2D eigenvalue weighted by molar-refractivity contribution is -0.122. The second-order valence-corrected chi connectivity index (χ2v) is 6.43. The molecule has 6 nitrogen and oxygen atoms in total. The van der Waals surface area contributed by atoms with Gasteiger partial charge in [-0.2, -0.15) is 5.10 Å². The molecule has 0 fully saturated rings. The quantitative estimate of drug-likeness (QED) is 0.892. The number of nitrogens with one attached hydrogen (secondary N) is 1. The molecule has 0 radical (unpaired) electrons. The highest BCUT2D eigenvalue weighted by molar-refractivity contribution is 7.09. The van der Waals surface area contributed by atoms with Gasteiger partial charge < -0.3 is 5.32 Å². The Labute approximate surface area is 132 Å². The van der Waals surface area contributed by atoms with E-state index in [0.29, 0.717) is 19.6 Å². The molecule has 0 spiro atoms. The van der Waals surface area contributed by atoms with Crippen molar-refractivity contribution in [3.05, 3.63) is 50.1 Å². The van der Waals surface area contributed by atoms with Gasteiger partial charge in [0.25, 0.3) is 5.56 Å². The zero-order chi connectivity index (χ0) is 15.5. The number of hydrogen-bond acceptors (Lipinski definition) is 5. The van der Waals surface area contributed by atoms with Crippen LogP contribution in [0.4, 0.5) is 0 Å². The average Bonchev–Trinajstić information content (AvgIpc) is 3.00. The topological polar surface area (TPSA) is 67.2 Å². The van der Waals surface area contributed by atoms with Crippen molar-refractivity contribution < 1.29 is 4.79 Å². The molecule has 0 bridgehead atoms. The van der Waals surface area contributed by atoms with Crippen molar-refractivity contribution in [3.63, 3.8) is 0 Å². The fraction of sp³-hybridized carbons (Fsp3) is 0.400. The molecule has 1 amide bonds. The second kappa shape index (κ2) is 6.41. The largest absolute Gasteiger partial charge is 0.350 e. The van der Waals surface area contributed by atoms with Crippen molar-refractivity contribution in [2.24, 2.45) is 7.05 Å². The van der Waals surface area contributed by atoms with Crippen LogP contribution in [0.15, 0.2) is 28.4 Å². The van der Waals surface area contributed by atoms with E-state index in [1.807, 2.05) is 22.4 Å². The number of carbonyl (C=O) groups excluding carboxylic acids is 1. The van der Waals surface area contributed by atoms with Crippen LogP contribution >= 0.6 is 11.3 Å². The minimum absolute atomic E-state index is 0.00800. The van der Waals surface area contributed by atoms with Gasteiger partial charge in [0.15, 0.2) is 0 Å². The fourth-order valence-corrected chi connectivity index (χ4v) is 3.19. The molecular weight excluding hydrogens is 300 g/mol. The third-order valence-electron chi connectivity index (χ3n) is 3.72. The molecule has 3 rings (SSSR count). The van der Waals surface area contributed by atoms with E-state index in [9.17, 15) is 9.59 Å². The molecule has 3 heterocycles. The molecule has 22 heavy (non-hydrogen) atoms. The van der Waals surface area contributed by atoms with Gasteiger partial charge in [-0.3, -0.25) is 14.5 Å². The summed E-state index contributed by atoms with van der Waals surface area (Å²) in [4.78, 5) is 26.9. The first kappa shape index (κ1) is 14.9. The molecule has 1 aliphatic heterocycles. The molecule has 1 aliphatic rings. The molecule has 116 valence electrons. The molecule has 0 saturated heterocycles. The molecule has 2 aromatic rings. The Morgan fingerprint density at radius 2 is 2.36 bits per heavy atom. The highest BCUT2D eigenvalue weighted by Gasteiger charge is 2.20. The van der Waals surface area contributed by atoms with Crippen LogP contribution < -0.4 is 10.9 Å². The molecular formula is C15H18N4O2S. The van der Waals surface area contributed by atoms with Gasteiger partial charge in [0, 0.05) is 37.5 Å². The Morgan fingerprint density at radius 1 is 1.50 bits per heavy atom. The van der Waals surface area contributed by atoms with Crippen LogP contribution in [0, 0.1) is 0 Å². The van der Waals surface area contributed by atoms with Crippen molar-refractivity contribution in [2.45, 2.75) is 19.5 Å². The van der Waals surface area contributed by atoms with Crippen molar-refractivity contribution in [3.8, 4) is 0 Å². The van der Waals surface area contributed by atoms with Crippen LogP contribution in [-0.2, 0) is 31.4 Å². The Hall–Kier alpha value is -1.99. The Balaban J connectivity index is 1.56. The third-order valence-corrected chi connectivity index (χ3v) is 4.60. The Kier molecular flexibility index (Phi) is 4.35. The molecule has 0 aromatic carbocycles. The van der Waals surface area contributed by atoms with Crippen molar-refractivity contribution in [2.75, 3.05) is 13.1 Å². The standard InChI is InChI=1S/C15H18N4O2S/c1-18-15(21)7-11-9-19(5-4-13(11)17-18)10-14(20)16-8-12-3-2-6-22-12/h2-3,6-7H,4-5,8-10H2,1H3,(H,16,20). The first-order chi connectivity index (χ1) is 10.6. The number of amides is 1. The van der Waals surface area contributed by atoms with Gasteiger partial charge in [0.2, 0.25) is 5.91 Å². The summed E-state index contributed by atoms with van der Waals surface area (Å²) in [5, 5.41) is 9.20. The summed E-state index contributed by atoms with van der Waals surface area (Å²) in [6, 6.07) is 5.60. The van der Waals surface area contributed by atoms with Crippen LogP contribution in [0.3, 0.4) is 0 Å². The summed E-state index contributed by atoms with van der Waals surface area (Å²) in [6.07, 6.45) is 0.766. The summed E-state index contributed by atoms with van der Waals surface area (Å²) in [6.45, 7) is 2.30. The Bertz CT molecular complexity index is 724. The first-order valence-electron chi connectivity index (χ1n) is 7.19. The molecule has 0 aliphatic carbocycles. The number of aromatic nitrogens is 2. The minimum atomic E-state index is -0.109. The van der Waals surface area contributed by atoms with E-state index in [4.69, 9.17) is 0 Å². The van der Waals surface area contributed by atoms with Crippen LogP contribution in [-0.4, -0.2) is 33.7 Å². The van der Waals surface area contributed by atoms with Gasteiger partial charge in [0.1, 0.15) is 0 Å². The molecule has 2 aromatic heterocycles. The van der Waals surface area contributed by atoms with E-state index in [-0.39, 0.29) is 11.5 Å². The second-order valence-electron chi connectivity index (χ2n) is 5.39. The zero-order valence-corrected chi connectivity index (χ0v) is 13.2. The molecule has 0 unspecified atom stereocenters. The van der Waals surface area contributed by atoms with Crippen LogP contribution in [0.5, 0.6) is 0 Å². The van der Waals surface area contributed by atoms with E-state index in [1.54, 1.807) is 24.5 Å². The van der Waals surface area contributed by atoms with E-state index in [2.05, 4.69) is 10.4 Å². The third kappa shape index (κ3) is 3.42. The maximum atomic E-state index is 12.0. The van der Waals surface area contributed by atoms with Crippen molar-refractivity contribution >= 4 is 17.2 Å². The summed E-state index contributed by atoms with van der Waals surface area (Å²) in [5.74, 6) is 0.00800. The van der Waals surface area contributed by atoms with Crippen LogP contribution in [0.1, 0.15) is 16.1 Å². The summed E-state index contributed by atoms with van der Waals surface area (Å²) in [5.41, 5.74) is 1.78. The summed E-state index contributed by atoms with van der Waals surface area (Å²) < 4.78 is 1.36. The molecule has 0 saturated carbocycles. The normalized spacial score (nSPS) is 14.6. The highest BCUT2D eigenvalue weighted by atomic mass is 32.1. The van der Waals surface area contributed by atoms with Gasteiger partial charge in [-0.1, -0.05) is 6.07 Å². The minimum Gasteiger partial charge on any atom is -0.350 e. The number of carbonyl (C=O) groups is 1. The predicted molar refractivity (Wildman–Crippen MR) is 84.6 cm³/mol. The van der Waals surface area contributed by atoms with E-state index < -0.39 is 0 Å². The SMILES string of the molecule is Cn1nc2c(cc1=O)CN(CC(=O)NCc1cccs1)CC2. The van der Waals surface area contributed by atoms with Gasteiger partial charge in [-0.05, 0) is 17.0 Å². The zero-order valence-electron chi connectivity index (χ0n) is 12.4. The van der Waals surface area contributed by atoms with E-state index >= 15 is 0 Å². The van der Waals surface area contributed by atoms with Gasteiger partial charge in [0.05, 0.1) is 18.8 Å². The van der Waals surface area contributed by atoms with Gasteiger partial charge in [-0.15, -0.1) is 11.3 Å². The van der Waals surface area contributed by atoms with E-state index in [0.717, 1.165) is 29.1 Å². The number of rotatable bonds is 4. The maximum Gasteiger partial charge on any atom is 0.266 e. The molecule has 0 atom stereocenters. The Morgan fingerprint density at radius 3 is 3.14 bits per heavy atom. The van der Waals surface area contributed by atoms with Crippen LogP contribution in [0.25, 0.3) is 0 Å². The number of aryl methyl sites for hydroxylation is 1. The van der Waals surface area contributed by atoms with Gasteiger partial charge in [-0.25, -0.2) is 4.68 Å². The van der Waals surface area contributed by atoms with E-state index in [1.165, 1.54) is 4.68 Å². The molecule has 1 N–H and O–H groups in total. The maximum absolute atomic E-state index is 12.0. The summed E-state index contributed by atoms with van der Waals surface area (Å²) in [7, 11) is 1.66. The predicted octanol–water partition coefficient (Wildman–Crippen LogP) is 0.516. The lowest BCUT2D eigenvalue weighted by atomic mass is 10.1. The number of thiophene rings is 1. The average molecular weight is 318 g/mol. The van der Waals surface area contributed by atoms with Crippen LogP contribution in [0.2, 0.25) is 0 Å². The first-order valence-corrected chi connectivity index (χ1v) is 8.07. The highest BCUT2D eigenvalue weighted by Crippen LogP contribution is 2.14. The number of fused-ring (bicyclic) bond motifs is 1. The van der Waals surface area contributed by atoms with Gasteiger partial charge >= 0.3 is 0 Å². The van der Waals surface area contributed by atoms with Crippen molar-refractivity contribution in [1.29, 1.82) is 0 Å². The monoisotopic (exact) mass is 318 g/mol. The summed E-state index contributed by atoms with van der Waals surface area (Å²) >= 11 is 1.63. The fourth-order valence-electron chi connectivity index (χ4n) is 2.54. The smallest absolute Gasteiger partial charge is 0.266 e.